The van der Waals surface area contributed by atoms with Gasteiger partial charge in [-0.25, -0.2) is 4.79 Å². The van der Waals surface area contributed by atoms with Crippen molar-refractivity contribution >= 4 is 5.97 Å². The molecule has 3 atom stereocenters. The molecule has 20 heavy (non-hydrogen) atoms. The molecule has 1 aliphatic carbocycles. The maximum Gasteiger partial charge on any atom is 0.403 e. The van der Waals surface area contributed by atoms with Gasteiger partial charge in [-0.2, -0.15) is 4.57 Å². The highest BCUT2D eigenvalue weighted by Gasteiger charge is 2.34. The predicted octanol–water partition coefficient (Wildman–Crippen LogP) is 3.13. The summed E-state index contributed by atoms with van der Waals surface area (Å²) in [5.41, 5.74) is 0.619. The fourth-order valence-electron chi connectivity index (χ4n) is 3.18. The number of carbonyl (C=O) groups is 1. The molecule has 3 heteroatoms. The van der Waals surface area contributed by atoms with Crippen LogP contribution >= 0.6 is 0 Å². The highest BCUT2D eigenvalue weighted by molar-refractivity contribution is 5.85. The van der Waals surface area contributed by atoms with Gasteiger partial charge in [0.1, 0.15) is 13.2 Å². The number of hydrogen-bond donors (Lipinski definition) is 0. The molecule has 1 aromatic heterocycles. The van der Waals surface area contributed by atoms with E-state index >= 15 is 0 Å². The standard InChI is InChI=1S/C17H26NO2/c1-12(2)14-9-8-13(3)11-16(14)20-17(19)15-7-5-6-10-18(15)4/h5-7,10,12-14,16H,8-9,11H2,1-4H3/q+1/t13-,14-,16+/m0/s1. The zero-order valence-electron chi connectivity index (χ0n) is 13.0. The van der Waals surface area contributed by atoms with Gasteiger partial charge in [0.15, 0.2) is 6.20 Å². The van der Waals surface area contributed by atoms with E-state index < -0.39 is 0 Å². The number of hydrogen-bond acceptors (Lipinski definition) is 2. The van der Waals surface area contributed by atoms with Gasteiger partial charge in [-0.05, 0) is 36.7 Å². The van der Waals surface area contributed by atoms with Crippen molar-refractivity contribution in [2.75, 3.05) is 0 Å². The second kappa shape index (κ2) is 6.38. The van der Waals surface area contributed by atoms with E-state index in [1.165, 1.54) is 6.42 Å². The van der Waals surface area contributed by atoms with Crippen LogP contribution in [0.1, 0.15) is 50.5 Å². The first-order chi connectivity index (χ1) is 9.49. The van der Waals surface area contributed by atoms with E-state index in [1.54, 1.807) is 0 Å². The topological polar surface area (TPSA) is 30.2 Å². The van der Waals surface area contributed by atoms with Gasteiger partial charge < -0.3 is 4.74 Å². The molecule has 1 aliphatic rings. The molecule has 0 radical (unpaired) electrons. The number of pyridine rings is 1. The minimum absolute atomic E-state index is 0.0615. The summed E-state index contributed by atoms with van der Waals surface area (Å²) in [4.78, 5) is 12.4. The number of rotatable bonds is 3. The monoisotopic (exact) mass is 276 g/mol. The van der Waals surface area contributed by atoms with E-state index in [-0.39, 0.29) is 12.1 Å². The summed E-state index contributed by atoms with van der Waals surface area (Å²) in [6.07, 6.45) is 5.34. The molecule has 0 saturated heterocycles. The predicted molar refractivity (Wildman–Crippen MR) is 78.2 cm³/mol. The molecule has 1 fully saturated rings. The van der Waals surface area contributed by atoms with Crippen LogP contribution < -0.4 is 4.57 Å². The summed E-state index contributed by atoms with van der Waals surface area (Å²) in [6.45, 7) is 6.70. The zero-order chi connectivity index (χ0) is 14.7. The van der Waals surface area contributed by atoms with E-state index in [4.69, 9.17) is 4.74 Å². The number of ether oxygens (including phenoxy) is 1. The first-order valence-corrected chi connectivity index (χ1v) is 7.64. The third-order valence-corrected chi connectivity index (χ3v) is 4.48. The van der Waals surface area contributed by atoms with Crippen molar-refractivity contribution < 1.29 is 14.1 Å². The Morgan fingerprint density at radius 3 is 2.75 bits per heavy atom. The molecule has 0 aromatic carbocycles. The van der Waals surface area contributed by atoms with Crippen molar-refractivity contribution in [3.05, 3.63) is 30.1 Å². The van der Waals surface area contributed by atoms with Crippen molar-refractivity contribution in [1.82, 2.24) is 0 Å². The molecular weight excluding hydrogens is 250 g/mol. The Hall–Kier alpha value is -1.38. The average Bonchev–Trinajstić information content (AvgIpc) is 2.38. The Bertz CT molecular complexity index is 470. The lowest BCUT2D eigenvalue weighted by Crippen LogP contribution is -2.40. The van der Waals surface area contributed by atoms with Gasteiger partial charge in [-0.1, -0.05) is 27.2 Å². The first kappa shape index (κ1) is 15.0. The normalized spacial score (nSPS) is 26.6. The van der Waals surface area contributed by atoms with E-state index in [2.05, 4.69) is 20.8 Å². The van der Waals surface area contributed by atoms with Crippen LogP contribution in [0.2, 0.25) is 0 Å². The van der Waals surface area contributed by atoms with Crippen LogP contribution in [0.5, 0.6) is 0 Å². The van der Waals surface area contributed by atoms with E-state index in [0.29, 0.717) is 23.4 Å². The Morgan fingerprint density at radius 1 is 1.35 bits per heavy atom. The van der Waals surface area contributed by atoms with Crippen molar-refractivity contribution in [2.24, 2.45) is 24.8 Å². The Balaban J connectivity index is 2.10. The quantitative estimate of drug-likeness (QED) is 0.627. The fourth-order valence-corrected chi connectivity index (χ4v) is 3.18. The number of aromatic nitrogens is 1. The molecule has 1 saturated carbocycles. The molecule has 1 heterocycles. The summed E-state index contributed by atoms with van der Waals surface area (Å²) in [7, 11) is 1.88. The molecule has 2 rings (SSSR count). The van der Waals surface area contributed by atoms with Crippen molar-refractivity contribution in [1.29, 1.82) is 0 Å². The van der Waals surface area contributed by atoms with Crippen LogP contribution in [0.3, 0.4) is 0 Å². The average molecular weight is 276 g/mol. The number of carbonyl (C=O) groups excluding carboxylic acids is 1. The second-order valence-electron chi connectivity index (χ2n) is 6.47. The molecular formula is C17H26NO2+. The van der Waals surface area contributed by atoms with Crippen LogP contribution in [0.25, 0.3) is 0 Å². The lowest BCUT2D eigenvalue weighted by Gasteiger charge is -2.36. The maximum atomic E-state index is 12.4. The highest BCUT2D eigenvalue weighted by atomic mass is 16.5. The van der Waals surface area contributed by atoms with Crippen molar-refractivity contribution in [2.45, 2.75) is 46.1 Å². The van der Waals surface area contributed by atoms with Crippen molar-refractivity contribution in [3.8, 4) is 0 Å². The third kappa shape index (κ3) is 3.38. The largest absolute Gasteiger partial charge is 0.454 e. The molecule has 0 N–H and O–H groups in total. The number of aryl methyl sites for hydroxylation is 1. The summed E-state index contributed by atoms with van der Waals surface area (Å²) in [5.74, 6) is 1.50. The van der Waals surface area contributed by atoms with Crippen LogP contribution in [0.15, 0.2) is 24.4 Å². The smallest absolute Gasteiger partial charge is 0.403 e. The van der Waals surface area contributed by atoms with Gasteiger partial charge >= 0.3 is 5.97 Å². The van der Waals surface area contributed by atoms with Gasteiger partial charge in [0.05, 0.1) is 0 Å². The molecule has 0 bridgehead atoms. The van der Waals surface area contributed by atoms with Crippen molar-refractivity contribution in [3.63, 3.8) is 0 Å². The maximum absolute atomic E-state index is 12.4. The van der Waals surface area contributed by atoms with Gasteiger partial charge in [-0.15, -0.1) is 0 Å². The SMILES string of the molecule is CC(C)[C@@H]1CC[C@H](C)C[C@H]1OC(=O)c1cccc[n+]1C. The Kier molecular flexibility index (Phi) is 4.79. The van der Waals surface area contributed by atoms with Gasteiger partial charge in [-0.3, -0.25) is 0 Å². The lowest BCUT2D eigenvalue weighted by molar-refractivity contribution is -0.674. The zero-order valence-corrected chi connectivity index (χ0v) is 13.0. The number of esters is 1. The second-order valence-corrected chi connectivity index (χ2v) is 6.47. The minimum atomic E-state index is -0.196. The molecule has 0 aliphatic heterocycles. The third-order valence-electron chi connectivity index (χ3n) is 4.48. The Morgan fingerprint density at radius 2 is 2.10 bits per heavy atom. The van der Waals surface area contributed by atoms with Gasteiger partial charge in [0.25, 0.3) is 5.69 Å². The minimum Gasteiger partial charge on any atom is -0.454 e. The molecule has 0 spiro atoms. The lowest BCUT2D eigenvalue weighted by atomic mass is 9.75. The summed E-state index contributed by atoms with van der Waals surface area (Å²) < 4.78 is 7.66. The summed E-state index contributed by atoms with van der Waals surface area (Å²) >= 11 is 0. The molecule has 0 amide bonds. The van der Waals surface area contributed by atoms with E-state index in [0.717, 1.165) is 12.8 Å². The molecule has 0 unspecified atom stereocenters. The molecule has 3 nitrogen and oxygen atoms in total. The fraction of sp³-hybridized carbons (Fsp3) is 0.647. The van der Waals surface area contributed by atoms with E-state index in [9.17, 15) is 4.79 Å². The summed E-state index contributed by atoms with van der Waals surface area (Å²) in [6, 6.07) is 5.61. The van der Waals surface area contributed by atoms with Crippen LogP contribution in [0.4, 0.5) is 0 Å². The van der Waals surface area contributed by atoms with Gasteiger partial charge in [0, 0.05) is 12.1 Å². The van der Waals surface area contributed by atoms with Crippen LogP contribution in [-0.4, -0.2) is 12.1 Å². The molecule has 1 aromatic rings. The summed E-state index contributed by atoms with van der Waals surface area (Å²) in [5, 5.41) is 0. The first-order valence-electron chi connectivity index (χ1n) is 7.64. The highest BCUT2D eigenvalue weighted by Crippen LogP contribution is 2.35. The van der Waals surface area contributed by atoms with Gasteiger partial charge in [0.2, 0.25) is 0 Å². The van der Waals surface area contributed by atoms with E-state index in [1.807, 2.05) is 36.0 Å². The van der Waals surface area contributed by atoms with Crippen LogP contribution in [-0.2, 0) is 11.8 Å². The Labute approximate surface area is 122 Å². The molecule has 110 valence electrons. The number of nitrogens with zero attached hydrogens (tertiary/aromatic N) is 1. The van der Waals surface area contributed by atoms with Crippen LogP contribution in [0, 0.1) is 17.8 Å².